The van der Waals surface area contributed by atoms with Gasteiger partial charge in [0.25, 0.3) is 5.91 Å². The van der Waals surface area contributed by atoms with Crippen molar-refractivity contribution < 1.29 is 32.4 Å². The van der Waals surface area contributed by atoms with Crippen LogP contribution in [0.15, 0.2) is 12.7 Å². The maximum absolute atomic E-state index is 14.5. The van der Waals surface area contributed by atoms with Crippen molar-refractivity contribution in [1.82, 2.24) is 26.2 Å². The lowest BCUT2D eigenvalue weighted by atomic mass is 9.82. The van der Waals surface area contributed by atoms with Crippen molar-refractivity contribution in [2.75, 3.05) is 25.1 Å². The summed E-state index contributed by atoms with van der Waals surface area (Å²) in [5.74, 6) is -2.68. The molecule has 3 aliphatic carbocycles. The van der Waals surface area contributed by atoms with Crippen LogP contribution < -0.4 is 21.3 Å². The Morgan fingerprint density at radius 2 is 1.62 bits per heavy atom. The highest BCUT2D eigenvalue weighted by Crippen LogP contribution is 2.65. The molecule has 2 unspecified atom stereocenters. The van der Waals surface area contributed by atoms with Crippen LogP contribution in [0.25, 0.3) is 0 Å². The van der Waals surface area contributed by atoms with E-state index in [1.807, 2.05) is 6.92 Å². The number of ketones is 1. The minimum absolute atomic E-state index is 0.0829. The number of nitrogens with one attached hydrogen (secondary N) is 4. The normalized spacial score (nSPS) is 26.2. The van der Waals surface area contributed by atoms with Gasteiger partial charge in [-0.2, -0.15) is 0 Å². The largest absolute Gasteiger partial charge is 0.346 e. The summed E-state index contributed by atoms with van der Waals surface area (Å²) in [6, 6.07) is -3.33. The first-order valence-corrected chi connectivity index (χ1v) is 19.5. The molecule has 1 aliphatic heterocycles. The zero-order valence-electron chi connectivity index (χ0n) is 28.6. The average Bonchev–Trinajstić information content (AvgIpc) is 3.32. The quantitative estimate of drug-likeness (QED) is 0.162. The number of likely N-dealkylation sites (tertiary alicyclic amines) is 1. The lowest BCUT2D eigenvalue weighted by molar-refractivity contribution is -0.144. The van der Waals surface area contributed by atoms with Gasteiger partial charge in [-0.05, 0) is 55.3 Å². The summed E-state index contributed by atoms with van der Waals surface area (Å²) in [4.78, 5) is 69.2. The average molecular weight is 678 g/mol. The third kappa shape index (κ3) is 8.75. The molecule has 0 bridgehead atoms. The minimum Gasteiger partial charge on any atom is -0.346 e. The molecule has 13 heteroatoms. The Morgan fingerprint density at radius 1 is 0.979 bits per heavy atom. The van der Waals surface area contributed by atoms with Crippen LogP contribution in [0.2, 0.25) is 0 Å². The molecular weight excluding hydrogens is 622 g/mol. The Morgan fingerprint density at radius 3 is 2.21 bits per heavy atom. The number of piperidine rings is 1. The molecule has 0 spiro atoms. The van der Waals surface area contributed by atoms with E-state index >= 15 is 0 Å². The first-order chi connectivity index (χ1) is 22.1. The predicted octanol–water partition coefficient (Wildman–Crippen LogP) is 2.62. The maximum Gasteiger partial charge on any atom is 0.315 e. The van der Waals surface area contributed by atoms with Crippen LogP contribution in [0.5, 0.6) is 0 Å². The first-order valence-electron chi connectivity index (χ1n) is 17.4. The van der Waals surface area contributed by atoms with Crippen LogP contribution in [0, 0.1) is 23.2 Å². The van der Waals surface area contributed by atoms with Crippen LogP contribution >= 0.6 is 0 Å². The standard InChI is InChI=1S/C34H55N5O7S/c1-6-14-24(28(40)30(42)35-19-7-2)36-29(41)27-25-23(33(25,3)4)20-39(27)31(43)26(22-15-10-8-11-16-22)37-32(44)38-34(21-47(5,45)46)17-12-9-13-18-34/h7,22-27H,2,6,8-21H2,1,3-5H3,(H,35,42)(H,36,41)(H2,37,38,44)/t23?,24?,25-,26-,27-/m0/s1. The van der Waals surface area contributed by atoms with E-state index in [4.69, 9.17) is 0 Å². The van der Waals surface area contributed by atoms with Crippen molar-refractivity contribution in [3.63, 3.8) is 0 Å². The molecule has 5 atom stereocenters. The van der Waals surface area contributed by atoms with E-state index in [-0.39, 0.29) is 47.8 Å². The van der Waals surface area contributed by atoms with Crippen LogP contribution in [0.1, 0.15) is 97.8 Å². The van der Waals surface area contributed by atoms with Crippen LogP contribution in [-0.4, -0.2) is 91.6 Å². The number of fused-ring (bicyclic) bond motifs is 1. The van der Waals surface area contributed by atoms with E-state index in [9.17, 15) is 32.4 Å². The zero-order chi connectivity index (χ0) is 34.6. The molecule has 0 radical (unpaired) electrons. The number of hydrogen-bond donors (Lipinski definition) is 4. The number of Topliss-reactive ketones (excluding diaryl/α,β-unsaturated/α-hetero) is 1. The third-order valence-electron chi connectivity index (χ3n) is 11.0. The number of nitrogens with zero attached hydrogens (tertiary/aromatic N) is 1. The van der Waals surface area contributed by atoms with Crippen LogP contribution in [-0.2, 0) is 29.0 Å². The Balaban J connectivity index is 1.56. The second kappa shape index (κ2) is 15.1. The van der Waals surface area contributed by atoms with Gasteiger partial charge in [0.15, 0.2) is 0 Å². The van der Waals surface area contributed by atoms with Crippen molar-refractivity contribution in [3.05, 3.63) is 12.7 Å². The summed E-state index contributed by atoms with van der Waals surface area (Å²) in [7, 11) is -3.38. The molecule has 0 aromatic carbocycles. The topological polar surface area (TPSA) is 171 Å². The fraction of sp³-hybridized carbons (Fsp3) is 0.794. The highest BCUT2D eigenvalue weighted by molar-refractivity contribution is 7.90. The fourth-order valence-electron chi connectivity index (χ4n) is 8.52. The van der Waals surface area contributed by atoms with Crippen molar-refractivity contribution >= 4 is 39.4 Å². The molecule has 0 aromatic rings. The van der Waals surface area contributed by atoms with Crippen molar-refractivity contribution in [2.24, 2.45) is 23.2 Å². The third-order valence-corrected chi connectivity index (χ3v) is 12.1. The van der Waals surface area contributed by atoms with Gasteiger partial charge >= 0.3 is 6.03 Å². The van der Waals surface area contributed by atoms with Gasteiger partial charge in [0.1, 0.15) is 21.9 Å². The summed E-state index contributed by atoms with van der Waals surface area (Å²) in [6.45, 7) is 10.0. The highest BCUT2D eigenvalue weighted by atomic mass is 32.2. The van der Waals surface area contributed by atoms with Gasteiger partial charge < -0.3 is 26.2 Å². The predicted molar refractivity (Wildman–Crippen MR) is 179 cm³/mol. The lowest BCUT2D eigenvalue weighted by Crippen LogP contribution is -2.63. The number of urea groups is 1. The van der Waals surface area contributed by atoms with Gasteiger partial charge in [-0.3, -0.25) is 19.2 Å². The van der Waals surface area contributed by atoms with E-state index in [2.05, 4.69) is 41.7 Å². The molecule has 4 aliphatic rings. The van der Waals surface area contributed by atoms with Crippen molar-refractivity contribution in [3.8, 4) is 0 Å². The summed E-state index contributed by atoms with van der Waals surface area (Å²) in [5.41, 5.74) is -1.08. The van der Waals surface area contributed by atoms with Crippen molar-refractivity contribution in [1.29, 1.82) is 0 Å². The Labute approximate surface area is 279 Å². The van der Waals surface area contributed by atoms with Crippen LogP contribution in [0.4, 0.5) is 4.79 Å². The number of carbonyl (C=O) groups excluding carboxylic acids is 5. The molecule has 3 saturated carbocycles. The lowest BCUT2D eigenvalue weighted by Gasteiger charge is -2.40. The van der Waals surface area contributed by atoms with Gasteiger partial charge in [0.2, 0.25) is 17.6 Å². The second-order valence-electron chi connectivity index (χ2n) is 15.0. The summed E-state index contributed by atoms with van der Waals surface area (Å²) in [5, 5.41) is 11.2. The Hall–Kier alpha value is -2.96. The number of carbonyl (C=O) groups is 5. The van der Waals surface area contributed by atoms with E-state index in [1.54, 1.807) is 4.90 Å². The SMILES string of the molecule is C=CCNC(=O)C(=O)C(CCC)NC(=O)[C@@H]1[C@@H]2C(CN1C(=O)[C@@H](NC(=O)NC1(CS(C)(=O)=O)CCCCC1)C1CCCCC1)C2(C)C. The number of amides is 5. The first kappa shape index (κ1) is 36.9. The van der Waals surface area contributed by atoms with E-state index in [0.29, 0.717) is 25.8 Å². The molecule has 1 heterocycles. The van der Waals surface area contributed by atoms with Crippen molar-refractivity contribution in [2.45, 2.75) is 121 Å². The molecule has 4 N–H and O–H groups in total. The van der Waals surface area contributed by atoms with Gasteiger partial charge in [-0.1, -0.05) is 71.8 Å². The number of hydrogen-bond acceptors (Lipinski definition) is 7. The maximum atomic E-state index is 14.5. The molecule has 4 fully saturated rings. The minimum atomic E-state index is -3.38. The van der Waals surface area contributed by atoms with Gasteiger partial charge in [-0.15, -0.1) is 6.58 Å². The summed E-state index contributed by atoms with van der Waals surface area (Å²) < 4.78 is 24.7. The molecular formula is C34H55N5O7S. The highest BCUT2D eigenvalue weighted by Gasteiger charge is 2.69. The Bertz CT molecular complexity index is 1320. The van der Waals surface area contributed by atoms with E-state index in [1.165, 1.54) is 12.3 Å². The number of sulfone groups is 1. The van der Waals surface area contributed by atoms with E-state index in [0.717, 1.165) is 51.4 Å². The van der Waals surface area contributed by atoms with Gasteiger partial charge in [-0.25, -0.2) is 13.2 Å². The zero-order valence-corrected chi connectivity index (χ0v) is 29.4. The van der Waals surface area contributed by atoms with Gasteiger partial charge in [0.05, 0.1) is 17.3 Å². The molecule has 264 valence electrons. The summed E-state index contributed by atoms with van der Waals surface area (Å²) >= 11 is 0. The molecule has 1 saturated heterocycles. The number of rotatable bonds is 14. The molecule has 47 heavy (non-hydrogen) atoms. The second-order valence-corrected chi connectivity index (χ2v) is 17.1. The molecule has 5 amide bonds. The molecule has 12 nitrogen and oxygen atoms in total. The van der Waals surface area contributed by atoms with Crippen LogP contribution in [0.3, 0.4) is 0 Å². The van der Waals surface area contributed by atoms with E-state index < -0.39 is 57.1 Å². The smallest absolute Gasteiger partial charge is 0.315 e. The molecule has 4 rings (SSSR count). The monoisotopic (exact) mass is 677 g/mol. The Kier molecular flexibility index (Phi) is 11.8. The molecule has 0 aromatic heterocycles. The fourth-order valence-corrected chi connectivity index (χ4v) is 9.88. The van der Waals surface area contributed by atoms with Gasteiger partial charge in [0, 0.05) is 19.3 Å². The summed E-state index contributed by atoms with van der Waals surface area (Å²) in [6.07, 6.45) is 11.5.